The number of ether oxygens (including phenoxy) is 1. The Morgan fingerprint density at radius 3 is 2.64 bits per heavy atom. The second kappa shape index (κ2) is 7.42. The zero-order valence-electron chi connectivity index (χ0n) is 11.9. The number of hydrogen-bond acceptors (Lipinski definition) is 4. The van der Waals surface area contributed by atoms with Gasteiger partial charge in [-0.25, -0.2) is 4.83 Å². The van der Waals surface area contributed by atoms with E-state index in [-0.39, 0.29) is 4.90 Å². The topological polar surface area (TPSA) is 67.8 Å². The highest BCUT2D eigenvalue weighted by atomic mass is 79.9. The quantitative estimate of drug-likeness (QED) is 0.616. The summed E-state index contributed by atoms with van der Waals surface area (Å²) in [6, 6.07) is 13.5. The molecule has 0 bridgehead atoms. The first kappa shape index (κ1) is 16.5. The minimum atomic E-state index is -3.67. The highest BCUT2D eigenvalue weighted by molar-refractivity contribution is 9.10. The van der Waals surface area contributed by atoms with Crippen LogP contribution in [-0.2, 0) is 10.0 Å². The molecule has 0 saturated carbocycles. The van der Waals surface area contributed by atoms with Gasteiger partial charge in [0.1, 0.15) is 5.75 Å². The van der Waals surface area contributed by atoms with Gasteiger partial charge in [-0.2, -0.15) is 13.5 Å². The molecule has 0 unspecified atom stereocenters. The van der Waals surface area contributed by atoms with Gasteiger partial charge in [-0.1, -0.05) is 34.1 Å². The molecular formula is C15H15BrN2O3S. The molecule has 0 spiro atoms. The Hall–Kier alpha value is -1.86. The molecule has 0 aromatic heterocycles. The van der Waals surface area contributed by atoms with Crippen molar-refractivity contribution >= 4 is 32.2 Å². The summed E-state index contributed by atoms with van der Waals surface area (Å²) >= 11 is 3.36. The van der Waals surface area contributed by atoms with Crippen LogP contribution in [0.15, 0.2) is 63.0 Å². The Bertz CT molecular complexity index is 762. The Kier molecular flexibility index (Phi) is 5.57. The third kappa shape index (κ3) is 4.32. The van der Waals surface area contributed by atoms with Crippen LogP contribution in [-0.4, -0.2) is 21.2 Å². The second-order valence-corrected chi connectivity index (χ2v) is 6.86. The van der Waals surface area contributed by atoms with E-state index in [1.54, 1.807) is 30.3 Å². The van der Waals surface area contributed by atoms with E-state index in [9.17, 15) is 8.42 Å². The largest absolute Gasteiger partial charge is 0.493 e. The molecule has 5 nitrogen and oxygen atoms in total. The van der Waals surface area contributed by atoms with Crippen molar-refractivity contribution < 1.29 is 13.2 Å². The first-order chi connectivity index (χ1) is 10.5. The van der Waals surface area contributed by atoms with E-state index in [4.69, 9.17) is 4.74 Å². The summed E-state index contributed by atoms with van der Waals surface area (Å²) in [6.45, 7) is 2.39. The van der Waals surface area contributed by atoms with Gasteiger partial charge in [-0.3, -0.25) is 0 Å². The summed E-state index contributed by atoms with van der Waals surface area (Å²) in [5.41, 5.74) is 0.673. The van der Waals surface area contributed by atoms with Crippen LogP contribution in [0.2, 0.25) is 0 Å². The SMILES string of the molecule is CCOc1ccc(Br)cc1C=NNS(=O)(=O)c1ccccc1. The van der Waals surface area contributed by atoms with Crippen molar-refractivity contribution in [2.24, 2.45) is 5.10 Å². The zero-order valence-corrected chi connectivity index (χ0v) is 14.3. The molecule has 0 aliphatic heterocycles. The van der Waals surface area contributed by atoms with E-state index in [1.165, 1.54) is 18.3 Å². The minimum Gasteiger partial charge on any atom is -0.493 e. The smallest absolute Gasteiger partial charge is 0.276 e. The summed E-state index contributed by atoms with van der Waals surface area (Å²) < 4.78 is 30.4. The molecule has 0 amide bonds. The maximum absolute atomic E-state index is 12.0. The van der Waals surface area contributed by atoms with Crippen molar-refractivity contribution in [3.63, 3.8) is 0 Å². The van der Waals surface area contributed by atoms with E-state index in [2.05, 4.69) is 25.9 Å². The van der Waals surface area contributed by atoms with Crippen molar-refractivity contribution in [3.05, 3.63) is 58.6 Å². The Labute approximate surface area is 138 Å². The molecule has 2 aromatic rings. The van der Waals surface area contributed by atoms with Gasteiger partial charge in [0.15, 0.2) is 0 Å². The normalized spacial score (nSPS) is 11.5. The van der Waals surface area contributed by atoms with Gasteiger partial charge in [0.05, 0.1) is 17.7 Å². The fourth-order valence-corrected chi connectivity index (χ4v) is 2.92. The van der Waals surface area contributed by atoms with Crippen LogP contribution < -0.4 is 9.57 Å². The van der Waals surface area contributed by atoms with Crippen LogP contribution in [0, 0.1) is 0 Å². The molecule has 7 heteroatoms. The highest BCUT2D eigenvalue weighted by Crippen LogP contribution is 2.21. The average molecular weight is 383 g/mol. The van der Waals surface area contributed by atoms with Gasteiger partial charge in [-0.15, -0.1) is 0 Å². The summed E-state index contributed by atoms with van der Waals surface area (Å²) in [4.78, 5) is 2.34. The third-order valence-electron chi connectivity index (χ3n) is 2.70. The lowest BCUT2D eigenvalue weighted by molar-refractivity contribution is 0.339. The van der Waals surface area contributed by atoms with Crippen LogP contribution in [0.1, 0.15) is 12.5 Å². The van der Waals surface area contributed by atoms with Gasteiger partial charge in [-0.05, 0) is 37.3 Å². The van der Waals surface area contributed by atoms with Gasteiger partial charge in [0.2, 0.25) is 0 Å². The molecule has 116 valence electrons. The lowest BCUT2D eigenvalue weighted by Gasteiger charge is -2.07. The molecule has 22 heavy (non-hydrogen) atoms. The van der Waals surface area contributed by atoms with E-state index < -0.39 is 10.0 Å². The number of sulfonamides is 1. The number of nitrogens with one attached hydrogen (secondary N) is 1. The predicted molar refractivity (Wildman–Crippen MR) is 89.7 cm³/mol. The van der Waals surface area contributed by atoms with Gasteiger partial charge < -0.3 is 4.74 Å². The molecule has 0 heterocycles. The average Bonchev–Trinajstić information content (AvgIpc) is 2.51. The third-order valence-corrected chi connectivity index (χ3v) is 4.43. The van der Waals surface area contributed by atoms with Gasteiger partial charge >= 0.3 is 0 Å². The molecule has 0 saturated heterocycles. The monoisotopic (exact) mass is 382 g/mol. The number of nitrogens with zero attached hydrogens (tertiary/aromatic N) is 1. The fraction of sp³-hybridized carbons (Fsp3) is 0.133. The van der Waals surface area contributed by atoms with E-state index in [1.807, 2.05) is 13.0 Å². The molecule has 0 radical (unpaired) electrons. The minimum absolute atomic E-state index is 0.159. The lowest BCUT2D eigenvalue weighted by atomic mass is 10.2. The van der Waals surface area contributed by atoms with Crippen molar-refractivity contribution in [3.8, 4) is 5.75 Å². The van der Waals surface area contributed by atoms with E-state index in [0.29, 0.717) is 17.9 Å². The number of hydrogen-bond donors (Lipinski definition) is 1. The molecule has 0 atom stereocenters. The predicted octanol–water partition coefficient (Wildman–Crippen LogP) is 3.16. The Balaban J connectivity index is 2.18. The van der Waals surface area contributed by atoms with Crippen molar-refractivity contribution in [2.45, 2.75) is 11.8 Å². The van der Waals surface area contributed by atoms with Gasteiger partial charge in [0.25, 0.3) is 10.0 Å². The number of rotatable bonds is 6. The molecule has 0 aliphatic carbocycles. The summed E-state index contributed by atoms with van der Waals surface area (Å²) in [7, 11) is -3.67. The molecule has 0 fully saturated rings. The van der Waals surface area contributed by atoms with Crippen LogP contribution in [0.4, 0.5) is 0 Å². The summed E-state index contributed by atoms with van der Waals surface area (Å²) in [5, 5.41) is 3.81. The Morgan fingerprint density at radius 1 is 1.23 bits per heavy atom. The maximum Gasteiger partial charge on any atom is 0.276 e. The fourth-order valence-electron chi connectivity index (χ4n) is 1.72. The molecule has 0 aliphatic rings. The summed E-state index contributed by atoms with van der Waals surface area (Å²) in [6.07, 6.45) is 1.41. The molecule has 1 N–H and O–H groups in total. The lowest BCUT2D eigenvalue weighted by Crippen LogP contribution is -2.18. The maximum atomic E-state index is 12.0. The zero-order chi connectivity index (χ0) is 16.0. The van der Waals surface area contributed by atoms with Crippen molar-refractivity contribution in [1.29, 1.82) is 0 Å². The molecule has 2 rings (SSSR count). The Morgan fingerprint density at radius 2 is 1.95 bits per heavy atom. The second-order valence-electron chi connectivity index (χ2n) is 4.28. The summed E-state index contributed by atoms with van der Waals surface area (Å²) in [5.74, 6) is 0.633. The standard InChI is InChI=1S/C15H15BrN2O3S/c1-2-21-15-9-8-13(16)10-12(15)11-17-18-22(19,20)14-6-4-3-5-7-14/h3-11,18H,2H2,1H3. The molecule has 2 aromatic carbocycles. The number of benzene rings is 2. The van der Waals surface area contributed by atoms with Crippen LogP contribution in [0.5, 0.6) is 5.75 Å². The van der Waals surface area contributed by atoms with E-state index >= 15 is 0 Å². The van der Waals surface area contributed by atoms with Crippen molar-refractivity contribution in [1.82, 2.24) is 4.83 Å². The van der Waals surface area contributed by atoms with Crippen LogP contribution in [0.25, 0.3) is 0 Å². The van der Waals surface area contributed by atoms with Crippen LogP contribution >= 0.6 is 15.9 Å². The first-order valence-corrected chi connectivity index (χ1v) is 8.83. The first-order valence-electron chi connectivity index (χ1n) is 6.55. The molecular weight excluding hydrogens is 368 g/mol. The van der Waals surface area contributed by atoms with E-state index in [0.717, 1.165) is 4.47 Å². The number of halogens is 1. The van der Waals surface area contributed by atoms with Crippen LogP contribution in [0.3, 0.4) is 0 Å². The highest BCUT2D eigenvalue weighted by Gasteiger charge is 2.11. The van der Waals surface area contributed by atoms with Crippen molar-refractivity contribution in [2.75, 3.05) is 6.61 Å². The van der Waals surface area contributed by atoms with Gasteiger partial charge in [0, 0.05) is 10.0 Å². The number of hydrazone groups is 1.